The number of aryl methyl sites for hydroxylation is 1. The summed E-state index contributed by atoms with van der Waals surface area (Å²) in [7, 11) is 0. The Morgan fingerprint density at radius 3 is 2.67 bits per heavy atom. The van der Waals surface area contributed by atoms with E-state index in [1.54, 1.807) is 12.1 Å². The summed E-state index contributed by atoms with van der Waals surface area (Å²) in [6.45, 7) is 4.73. The molecule has 1 heterocycles. The minimum Gasteiger partial charge on any atom is -0.494 e. The van der Waals surface area contributed by atoms with Crippen LogP contribution in [0.2, 0.25) is 0 Å². The molecule has 3 aromatic rings. The lowest BCUT2D eigenvalue weighted by Crippen LogP contribution is -2.12. The highest BCUT2D eigenvalue weighted by Crippen LogP contribution is 2.21. The molecule has 0 spiro atoms. The van der Waals surface area contributed by atoms with Gasteiger partial charge in [-0.2, -0.15) is 4.98 Å². The van der Waals surface area contributed by atoms with E-state index < -0.39 is 0 Å². The first-order valence-electron chi connectivity index (χ1n) is 9.16. The third-order valence-electron chi connectivity index (χ3n) is 4.04. The van der Waals surface area contributed by atoms with E-state index in [2.05, 4.69) is 22.4 Å². The van der Waals surface area contributed by atoms with Crippen molar-refractivity contribution >= 4 is 11.6 Å². The van der Waals surface area contributed by atoms with Crippen LogP contribution in [0.15, 0.2) is 53.1 Å². The first-order chi connectivity index (χ1) is 13.2. The predicted molar refractivity (Wildman–Crippen MR) is 104 cm³/mol. The lowest BCUT2D eigenvalue weighted by atomic mass is 10.1. The first-order valence-corrected chi connectivity index (χ1v) is 9.16. The number of unbranched alkanes of at least 4 members (excludes halogenated alkanes) is 1. The summed E-state index contributed by atoms with van der Waals surface area (Å²) in [6.07, 6.45) is 2.78. The van der Waals surface area contributed by atoms with Crippen molar-refractivity contribution < 1.29 is 14.1 Å². The second-order valence-electron chi connectivity index (χ2n) is 6.13. The summed E-state index contributed by atoms with van der Waals surface area (Å²) >= 11 is 0. The van der Waals surface area contributed by atoms with Gasteiger partial charge in [-0.15, -0.1) is 0 Å². The van der Waals surface area contributed by atoms with E-state index in [4.69, 9.17) is 9.26 Å². The number of ether oxygens (including phenoxy) is 1. The molecule has 2 aromatic carbocycles. The molecule has 0 saturated heterocycles. The molecule has 1 aromatic heterocycles. The largest absolute Gasteiger partial charge is 0.494 e. The summed E-state index contributed by atoms with van der Waals surface area (Å²) in [5.74, 6) is 1.66. The molecule has 27 heavy (non-hydrogen) atoms. The Labute approximate surface area is 158 Å². The van der Waals surface area contributed by atoms with Crippen molar-refractivity contribution in [2.45, 2.75) is 33.1 Å². The number of aromatic nitrogens is 2. The summed E-state index contributed by atoms with van der Waals surface area (Å²) in [5, 5.41) is 6.78. The molecule has 3 rings (SSSR count). The van der Waals surface area contributed by atoms with Crippen LogP contribution in [-0.2, 0) is 6.42 Å². The number of amides is 1. The third-order valence-corrected chi connectivity index (χ3v) is 4.04. The summed E-state index contributed by atoms with van der Waals surface area (Å²) in [6, 6.07) is 14.5. The second-order valence-corrected chi connectivity index (χ2v) is 6.13. The van der Waals surface area contributed by atoms with E-state index >= 15 is 0 Å². The van der Waals surface area contributed by atoms with Crippen LogP contribution in [0, 0.1) is 0 Å². The van der Waals surface area contributed by atoms with Gasteiger partial charge in [-0.25, -0.2) is 0 Å². The van der Waals surface area contributed by atoms with Crippen LogP contribution in [0.3, 0.4) is 0 Å². The molecular formula is C21H23N3O3. The maximum Gasteiger partial charge on any atom is 0.257 e. The molecule has 0 aliphatic rings. The summed E-state index contributed by atoms with van der Waals surface area (Å²) in [4.78, 5) is 16.8. The van der Waals surface area contributed by atoms with E-state index in [9.17, 15) is 4.79 Å². The number of rotatable bonds is 8. The van der Waals surface area contributed by atoms with Gasteiger partial charge < -0.3 is 14.6 Å². The molecule has 1 amide bonds. The van der Waals surface area contributed by atoms with Crippen molar-refractivity contribution in [3.05, 3.63) is 59.9 Å². The molecular weight excluding hydrogens is 342 g/mol. The molecule has 0 aliphatic heterocycles. The molecule has 0 atom stereocenters. The highest BCUT2D eigenvalue weighted by atomic mass is 16.5. The standard InChI is InChI=1S/C21H23N3O3/c1-3-5-13-26-18-8-6-7-16(14-18)20(25)22-17-11-9-15(10-12-17)21-23-19(4-2)24-27-21/h6-12,14H,3-5,13H2,1-2H3,(H,22,25). The van der Waals surface area contributed by atoms with Gasteiger partial charge in [-0.05, 0) is 48.9 Å². The Morgan fingerprint density at radius 2 is 1.96 bits per heavy atom. The lowest BCUT2D eigenvalue weighted by molar-refractivity contribution is 0.102. The smallest absolute Gasteiger partial charge is 0.257 e. The monoisotopic (exact) mass is 365 g/mol. The number of hydrogen-bond donors (Lipinski definition) is 1. The van der Waals surface area contributed by atoms with E-state index in [0.717, 1.165) is 24.8 Å². The molecule has 6 nitrogen and oxygen atoms in total. The van der Waals surface area contributed by atoms with Crippen molar-refractivity contribution in [3.8, 4) is 17.2 Å². The van der Waals surface area contributed by atoms with Crippen LogP contribution in [0.4, 0.5) is 5.69 Å². The molecule has 0 bridgehead atoms. The second kappa shape index (κ2) is 8.98. The van der Waals surface area contributed by atoms with Gasteiger partial charge in [0.05, 0.1) is 6.61 Å². The van der Waals surface area contributed by atoms with Crippen LogP contribution < -0.4 is 10.1 Å². The summed E-state index contributed by atoms with van der Waals surface area (Å²) in [5.41, 5.74) is 2.06. The maximum atomic E-state index is 12.5. The van der Waals surface area contributed by atoms with Gasteiger partial charge in [0, 0.05) is 23.2 Å². The van der Waals surface area contributed by atoms with Gasteiger partial charge in [0.2, 0.25) is 0 Å². The van der Waals surface area contributed by atoms with Gasteiger partial charge in [-0.3, -0.25) is 4.79 Å². The number of carbonyl (C=O) groups excluding carboxylic acids is 1. The topological polar surface area (TPSA) is 77.2 Å². The number of nitrogens with zero attached hydrogens (tertiary/aromatic N) is 2. The van der Waals surface area contributed by atoms with Gasteiger partial charge >= 0.3 is 0 Å². The Hall–Kier alpha value is -3.15. The Bertz CT molecular complexity index is 888. The molecule has 140 valence electrons. The van der Waals surface area contributed by atoms with Gasteiger partial charge in [-0.1, -0.05) is 31.5 Å². The highest BCUT2D eigenvalue weighted by molar-refractivity contribution is 6.04. The van der Waals surface area contributed by atoms with Crippen molar-refractivity contribution in [1.29, 1.82) is 0 Å². The van der Waals surface area contributed by atoms with Crippen molar-refractivity contribution in [2.75, 3.05) is 11.9 Å². The third kappa shape index (κ3) is 4.94. The molecule has 1 N–H and O–H groups in total. The zero-order valence-electron chi connectivity index (χ0n) is 15.6. The zero-order valence-corrected chi connectivity index (χ0v) is 15.6. The van der Waals surface area contributed by atoms with Gasteiger partial charge in [0.25, 0.3) is 11.8 Å². The number of hydrogen-bond acceptors (Lipinski definition) is 5. The van der Waals surface area contributed by atoms with E-state index in [1.807, 2.05) is 43.3 Å². The molecule has 0 unspecified atom stereocenters. The van der Waals surface area contributed by atoms with Crippen LogP contribution in [0.25, 0.3) is 11.5 Å². The minimum atomic E-state index is -0.185. The number of anilines is 1. The number of carbonyl (C=O) groups is 1. The average molecular weight is 365 g/mol. The van der Waals surface area contributed by atoms with Crippen LogP contribution >= 0.6 is 0 Å². The fraction of sp³-hybridized carbons (Fsp3) is 0.286. The fourth-order valence-corrected chi connectivity index (χ4v) is 2.48. The lowest BCUT2D eigenvalue weighted by Gasteiger charge is -2.08. The minimum absolute atomic E-state index is 0.185. The summed E-state index contributed by atoms with van der Waals surface area (Å²) < 4.78 is 10.9. The van der Waals surface area contributed by atoms with Crippen LogP contribution in [0.1, 0.15) is 42.9 Å². The Kier molecular flexibility index (Phi) is 6.20. The van der Waals surface area contributed by atoms with Gasteiger partial charge in [0.15, 0.2) is 5.82 Å². The average Bonchev–Trinajstić information content (AvgIpc) is 3.18. The van der Waals surface area contributed by atoms with Crippen molar-refractivity contribution in [1.82, 2.24) is 10.1 Å². The molecule has 6 heteroatoms. The van der Waals surface area contributed by atoms with Crippen molar-refractivity contribution in [3.63, 3.8) is 0 Å². The van der Waals surface area contributed by atoms with Crippen molar-refractivity contribution in [2.24, 2.45) is 0 Å². The van der Waals surface area contributed by atoms with Gasteiger partial charge in [0.1, 0.15) is 5.75 Å². The van der Waals surface area contributed by atoms with E-state index in [1.165, 1.54) is 0 Å². The Balaban J connectivity index is 1.64. The van der Waals surface area contributed by atoms with Crippen LogP contribution in [0.5, 0.6) is 5.75 Å². The maximum absolute atomic E-state index is 12.5. The fourth-order valence-electron chi connectivity index (χ4n) is 2.48. The molecule has 0 aliphatic carbocycles. The first kappa shape index (κ1) is 18.6. The quantitative estimate of drug-likeness (QED) is 0.584. The molecule has 0 fully saturated rings. The Morgan fingerprint density at radius 1 is 1.15 bits per heavy atom. The van der Waals surface area contributed by atoms with Crippen LogP contribution in [-0.4, -0.2) is 22.7 Å². The number of benzene rings is 2. The highest BCUT2D eigenvalue weighted by Gasteiger charge is 2.10. The van der Waals surface area contributed by atoms with E-state index in [0.29, 0.717) is 35.3 Å². The molecule has 0 saturated carbocycles. The predicted octanol–water partition coefficient (Wildman–Crippen LogP) is 4.73. The SMILES string of the molecule is CCCCOc1cccc(C(=O)Nc2ccc(-c3nc(CC)no3)cc2)c1. The molecule has 0 radical (unpaired) electrons. The van der Waals surface area contributed by atoms with E-state index in [-0.39, 0.29) is 5.91 Å². The normalized spacial score (nSPS) is 10.6. The zero-order chi connectivity index (χ0) is 19.1. The number of nitrogens with one attached hydrogen (secondary N) is 1.